The highest BCUT2D eigenvalue weighted by Crippen LogP contribution is 2.24. The van der Waals surface area contributed by atoms with Crippen molar-refractivity contribution in [2.24, 2.45) is 0 Å². The third kappa shape index (κ3) is 4.16. The zero-order valence-corrected chi connectivity index (χ0v) is 13.3. The predicted octanol–water partition coefficient (Wildman–Crippen LogP) is 2.30. The molecule has 2 aromatic rings. The normalized spacial score (nSPS) is 18.1. The molecule has 0 spiro atoms. The van der Waals surface area contributed by atoms with Crippen molar-refractivity contribution in [2.45, 2.75) is 32.3 Å². The maximum atomic E-state index is 12.3. The zero-order chi connectivity index (χ0) is 16.1. The summed E-state index contributed by atoms with van der Waals surface area (Å²) in [5.41, 5.74) is 1.07. The Morgan fingerprint density at radius 2 is 2.22 bits per heavy atom. The van der Waals surface area contributed by atoms with E-state index in [0.717, 1.165) is 24.9 Å². The molecule has 0 bridgehead atoms. The van der Waals surface area contributed by atoms with Gasteiger partial charge in [-0.15, -0.1) is 0 Å². The molecule has 0 radical (unpaired) electrons. The van der Waals surface area contributed by atoms with Crippen molar-refractivity contribution >= 4 is 5.91 Å². The molecule has 1 aromatic heterocycles. The molecular formula is C17H21N3O3. The van der Waals surface area contributed by atoms with Crippen molar-refractivity contribution in [3.63, 3.8) is 0 Å². The van der Waals surface area contributed by atoms with Crippen LogP contribution in [0.2, 0.25) is 0 Å². The number of hydrogen-bond acceptors (Lipinski definition) is 5. The third-order valence-electron chi connectivity index (χ3n) is 4.02. The summed E-state index contributed by atoms with van der Waals surface area (Å²) in [4.78, 5) is 18.4. The van der Waals surface area contributed by atoms with Crippen LogP contribution in [-0.2, 0) is 16.1 Å². The van der Waals surface area contributed by atoms with Gasteiger partial charge in [-0.3, -0.25) is 4.79 Å². The molecule has 1 aromatic carbocycles. The lowest BCUT2D eigenvalue weighted by atomic mass is 9.97. The monoisotopic (exact) mass is 315 g/mol. The summed E-state index contributed by atoms with van der Waals surface area (Å²) in [5.74, 6) is 1.44. The number of carbonyl (C=O) groups is 1. The van der Waals surface area contributed by atoms with E-state index in [0.29, 0.717) is 24.9 Å². The molecule has 1 amide bonds. The fourth-order valence-corrected chi connectivity index (χ4v) is 2.82. The second kappa shape index (κ2) is 7.37. The Morgan fingerprint density at radius 3 is 2.96 bits per heavy atom. The fourth-order valence-electron chi connectivity index (χ4n) is 2.82. The molecule has 23 heavy (non-hydrogen) atoms. The van der Waals surface area contributed by atoms with E-state index < -0.39 is 0 Å². The Kier molecular flexibility index (Phi) is 5.02. The summed E-state index contributed by atoms with van der Waals surface area (Å²) < 4.78 is 10.6. The zero-order valence-electron chi connectivity index (χ0n) is 13.3. The van der Waals surface area contributed by atoms with Crippen molar-refractivity contribution in [3.8, 4) is 0 Å². The Bertz CT molecular complexity index is 642. The van der Waals surface area contributed by atoms with Gasteiger partial charge in [0.05, 0.1) is 6.61 Å². The highest BCUT2D eigenvalue weighted by atomic mass is 16.5. The Hall–Kier alpha value is -2.21. The van der Waals surface area contributed by atoms with Crippen LogP contribution in [0.5, 0.6) is 0 Å². The lowest BCUT2D eigenvalue weighted by molar-refractivity contribution is -0.137. The van der Waals surface area contributed by atoms with Crippen molar-refractivity contribution in [2.75, 3.05) is 19.7 Å². The Labute approximate surface area is 135 Å². The number of ether oxygens (including phenoxy) is 1. The Morgan fingerprint density at radius 1 is 1.39 bits per heavy atom. The largest absolute Gasteiger partial charge is 0.367 e. The highest BCUT2D eigenvalue weighted by Gasteiger charge is 2.27. The summed E-state index contributed by atoms with van der Waals surface area (Å²) >= 11 is 0. The van der Waals surface area contributed by atoms with Crippen LogP contribution in [0, 0.1) is 6.92 Å². The maximum absolute atomic E-state index is 12.3. The molecule has 0 N–H and O–H groups in total. The minimum absolute atomic E-state index is 0.0193. The van der Waals surface area contributed by atoms with Gasteiger partial charge in [0.25, 0.3) is 0 Å². The van der Waals surface area contributed by atoms with Crippen LogP contribution in [-0.4, -0.2) is 40.6 Å². The van der Waals surface area contributed by atoms with Gasteiger partial charge in [-0.25, -0.2) is 0 Å². The Balaban J connectivity index is 1.49. The first kappa shape index (κ1) is 15.7. The summed E-state index contributed by atoms with van der Waals surface area (Å²) in [6.45, 7) is 3.73. The first-order chi connectivity index (χ1) is 11.2. The molecule has 6 nitrogen and oxygen atoms in total. The third-order valence-corrected chi connectivity index (χ3v) is 4.02. The molecule has 122 valence electrons. The number of benzene rings is 1. The van der Waals surface area contributed by atoms with Gasteiger partial charge >= 0.3 is 0 Å². The van der Waals surface area contributed by atoms with Crippen LogP contribution >= 0.6 is 0 Å². The summed E-state index contributed by atoms with van der Waals surface area (Å²) in [7, 11) is 0. The highest BCUT2D eigenvalue weighted by molar-refractivity contribution is 5.77. The number of amides is 1. The van der Waals surface area contributed by atoms with Gasteiger partial charge in [-0.05, 0) is 18.4 Å². The molecule has 1 aliphatic rings. The standard InChI is InChI=1S/C17H21N3O3/c1-13-18-17(19-23-13)15-8-5-9-20(10-15)16(21)12-22-11-14-6-3-2-4-7-14/h2-4,6-7,15H,5,8-12H2,1H3/t15-/m1/s1. The number of piperidine rings is 1. The number of carbonyl (C=O) groups excluding carboxylic acids is 1. The van der Waals surface area contributed by atoms with E-state index in [1.165, 1.54) is 0 Å². The summed E-state index contributed by atoms with van der Waals surface area (Å²) in [5, 5.41) is 3.98. The van der Waals surface area contributed by atoms with Gasteiger partial charge in [0.1, 0.15) is 6.61 Å². The predicted molar refractivity (Wildman–Crippen MR) is 83.7 cm³/mol. The minimum atomic E-state index is 0.0193. The fraction of sp³-hybridized carbons (Fsp3) is 0.471. The molecule has 0 unspecified atom stereocenters. The number of rotatable bonds is 5. The van der Waals surface area contributed by atoms with E-state index in [-0.39, 0.29) is 18.4 Å². The first-order valence-corrected chi connectivity index (χ1v) is 7.92. The van der Waals surface area contributed by atoms with Gasteiger partial charge in [-0.2, -0.15) is 4.98 Å². The summed E-state index contributed by atoms with van der Waals surface area (Å²) in [6, 6.07) is 9.85. The number of hydrogen-bond donors (Lipinski definition) is 0. The molecule has 1 fully saturated rings. The first-order valence-electron chi connectivity index (χ1n) is 7.92. The SMILES string of the molecule is Cc1nc([C@@H]2CCCN(C(=O)COCc3ccccc3)C2)no1. The van der Waals surface area contributed by atoms with Crippen LogP contribution in [0.3, 0.4) is 0 Å². The molecule has 3 rings (SSSR count). The van der Waals surface area contributed by atoms with E-state index in [9.17, 15) is 4.79 Å². The van der Waals surface area contributed by atoms with Crippen molar-refractivity contribution in [1.82, 2.24) is 15.0 Å². The number of aromatic nitrogens is 2. The van der Waals surface area contributed by atoms with E-state index in [1.807, 2.05) is 35.2 Å². The van der Waals surface area contributed by atoms with Crippen LogP contribution in [0.1, 0.15) is 36.0 Å². The van der Waals surface area contributed by atoms with Crippen molar-refractivity contribution in [1.29, 1.82) is 0 Å². The maximum Gasteiger partial charge on any atom is 0.248 e. The van der Waals surface area contributed by atoms with Gasteiger partial charge in [0, 0.05) is 25.9 Å². The van der Waals surface area contributed by atoms with Crippen LogP contribution in [0.25, 0.3) is 0 Å². The van der Waals surface area contributed by atoms with E-state index in [2.05, 4.69) is 10.1 Å². The lowest BCUT2D eigenvalue weighted by Crippen LogP contribution is -2.41. The van der Waals surface area contributed by atoms with E-state index >= 15 is 0 Å². The second-order valence-corrected chi connectivity index (χ2v) is 5.83. The molecular weight excluding hydrogens is 294 g/mol. The van der Waals surface area contributed by atoms with Crippen molar-refractivity contribution in [3.05, 3.63) is 47.6 Å². The minimum Gasteiger partial charge on any atom is -0.367 e. The average Bonchev–Trinajstić information content (AvgIpc) is 3.02. The molecule has 2 heterocycles. The van der Waals surface area contributed by atoms with Gasteiger partial charge in [0.2, 0.25) is 11.8 Å². The quantitative estimate of drug-likeness (QED) is 0.847. The molecule has 0 aliphatic carbocycles. The summed E-state index contributed by atoms with van der Waals surface area (Å²) in [6.07, 6.45) is 1.93. The van der Waals surface area contributed by atoms with Crippen LogP contribution < -0.4 is 0 Å². The van der Waals surface area contributed by atoms with Crippen molar-refractivity contribution < 1.29 is 14.1 Å². The van der Waals surface area contributed by atoms with Gasteiger partial charge < -0.3 is 14.2 Å². The topological polar surface area (TPSA) is 68.5 Å². The average molecular weight is 315 g/mol. The smallest absolute Gasteiger partial charge is 0.248 e. The van der Waals surface area contributed by atoms with E-state index in [4.69, 9.17) is 9.26 Å². The molecule has 1 atom stereocenters. The lowest BCUT2D eigenvalue weighted by Gasteiger charge is -2.31. The second-order valence-electron chi connectivity index (χ2n) is 5.83. The van der Waals surface area contributed by atoms with Crippen LogP contribution in [0.4, 0.5) is 0 Å². The molecule has 0 saturated carbocycles. The number of nitrogens with zero attached hydrogens (tertiary/aromatic N) is 3. The van der Waals surface area contributed by atoms with Gasteiger partial charge in [0.15, 0.2) is 5.82 Å². The molecule has 1 aliphatic heterocycles. The molecule has 6 heteroatoms. The van der Waals surface area contributed by atoms with Gasteiger partial charge in [-0.1, -0.05) is 35.5 Å². The molecule has 1 saturated heterocycles. The van der Waals surface area contributed by atoms with Crippen LogP contribution in [0.15, 0.2) is 34.9 Å². The number of likely N-dealkylation sites (tertiary alicyclic amines) is 1. The number of aryl methyl sites for hydroxylation is 1. The van der Waals surface area contributed by atoms with E-state index in [1.54, 1.807) is 6.92 Å².